The Morgan fingerprint density at radius 3 is 2.22 bits per heavy atom. The first-order chi connectivity index (χ1) is 4.06. The van der Waals surface area contributed by atoms with Gasteiger partial charge < -0.3 is 10.2 Å². The van der Waals surface area contributed by atoms with Crippen LogP contribution in [0.5, 0.6) is 0 Å². The average molecular weight is 152 g/mol. The van der Waals surface area contributed by atoms with Crippen LogP contribution in [0.3, 0.4) is 0 Å². The highest BCUT2D eigenvalue weighted by Gasteiger charge is 2.42. The monoisotopic (exact) mass is 152 g/mol. The van der Waals surface area contributed by atoms with Gasteiger partial charge in [0.15, 0.2) is 0 Å². The van der Waals surface area contributed by atoms with Gasteiger partial charge in [0.25, 0.3) is 0 Å². The number of aliphatic hydroxyl groups excluding tert-OH is 1. The van der Waals surface area contributed by atoms with Crippen LogP contribution in [0.25, 0.3) is 0 Å². The van der Waals surface area contributed by atoms with Gasteiger partial charge in [-0.1, -0.05) is 4.57 Å². The van der Waals surface area contributed by atoms with Crippen molar-refractivity contribution in [2.45, 2.75) is 5.28 Å². The van der Waals surface area contributed by atoms with Crippen LogP contribution in [0.4, 0.5) is 0 Å². The van der Waals surface area contributed by atoms with Crippen molar-refractivity contribution in [3.8, 4) is 0 Å². The Labute approximate surface area is 52.7 Å². The van der Waals surface area contributed by atoms with E-state index >= 15 is 0 Å². The van der Waals surface area contributed by atoms with Gasteiger partial charge in [-0.05, 0) is 0 Å². The van der Waals surface area contributed by atoms with Crippen LogP contribution in [0, 0.1) is 0 Å². The molecule has 0 saturated carbocycles. The Morgan fingerprint density at radius 2 is 2.22 bits per heavy atom. The summed E-state index contributed by atoms with van der Waals surface area (Å²) in [6.07, 6.45) is 0. The topological polar surface area (TPSA) is 101 Å². The van der Waals surface area contributed by atoms with Crippen molar-refractivity contribution in [2.24, 2.45) is 5.73 Å². The summed E-state index contributed by atoms with van der Waals surface area (Å²) in [5.74, 6) is -1.46. The van der Waals surface area contributed by atoms with Gasteiger partial charge in [-0.2, -0.15) is 0 Å². The van der Waals surface area contributed by atoms with Gasteiger partial charge in [-0.25, -0.2) is 4.79 Å². The lowest BCUT2D eigenvalue weighted by Gasteiger charge is -2.03. The van der Waals surface area contributed by atoms with Crippen molar-refractivity contribution >= 4 is 14.4 Å². The number of aliphatic carboxylic acids is 1. The van der Waals surface area contributed by atoms with Gasteiger partial charge in [0.1, 0.15) is 6.61 Å². The fourth-order valence-electron chi connectivity index (χ4n) is 0.144. The SMILES string of the molecule is NC(CO)([PH+]=O)C(=O)O. The average Bonchev–Trinajstić information content (AvgIpc) is 1.86. The fraction of sp³-hybridized carbons (Fsp3) is 0.667. The third-order valence-electron chi connectivity index (χ3n) is 0.813. The summed E-state index contributed by atoms with van der Waals surface area (Å²) < 4.78 is 9.99. The van der Waals surface area contributed by atoms with Crippen molar-refractivity contribution in [1.82, 2.24) is 0 Å². The molecule has 9 heavy (non-hydrogen) atoms. The number of hydrogen-bond acceptors (Lipinski definition) is 4. The number of hydrogen-bond donors (Lipinski definition) is 3. The molecule has 0 fully saturated rings. The molecule has 4 N–H and O–H groups in total. The van der Waals surface area contributed by atoms with Gasteiger partial charge in [-0.15, -0.1) is 0 Å². The lowest BCUT2D eigenvalue weighted by atomic mass is 10.3. The lowest BCUT2D eigenvalue weighted by Crippen LogP contribution is -2.45. The number of carbonyl (C=O) groups is 1. The normalized spacial score (nSPS) is 17.1. The molecule has 0 aromatic rings. The predicted octanol–water partition coefficient (Wildman–Crippen LogP) is -1.26. The number of carboxylic acid groups (broad SMARTS) is 1. The van der Waals surface area contributed by atoms with E-state index in [-0.39, 0.29) is 0 Å². The van der Waals surface area contributed by atoms with Crippen molar-refractivity contribution < 1.29 is 19.6 Å². The molecule has 2 unspecified atom stereocenters. The third-order valence-corrected chi connectivity index (χ3v) is 1.55. The summed E-state index contributed by atoms with van der Waals surface area (Å²) >= 11 is 0. The van der Waals surface area contributed by atoms with E-state index in [9.17, 15) is 9.36 Å². The summed E-state index contributed by atoms with van der Waals surface area (Å²) in [6.45, 7) is -0.815. The van der Waals surface area contributed by atoms with E-state index in [0.29, 0.717) is 0 Å². The van der Waals surface area contributed by atoms with Crippen LogP contribution >= 0.6 is 8.46 Å². The van der Waals surface area contributed by atoms with E-state index in [1.807, 2.05) is 0 Å². The van der Waals surface area contributed by atoms with Crippen molar-refractivity contribution in [2.75, 3.05) is 6.61 Å². The molecule has 0 aromatic heterocycles. The lowest BCUT2D eigenvalue weighted by molar-refractivity contribution is -0.141. The summed E-state index contributed by atoms with van der Waals surface area (Å²) in [5.41, 5.74) is 4.89. The van der Waals surface area contributed by atoms with Gasteiger partial charge in [0.2, 0.25) is 0 Å². The van der Waals surface area contributed by atoms with Crippen LogP contribution in [-0.2, 0) is 9.36 Å². The molecular weight excluding hydrogens is 145 g/mol. The first-order valence-corrected chi connectivity index (χ1v) is 3.00. The van der Waals surface area contributed by atoms with Gasteiger partial charge >= 0.3 is 19.7 Å². The minimum Gasteiger partial charge on any atom is -0.477 e. The molecule has 0 bridgehead atoms. The van der Waals surface area contributed by atoms with Crippen LogP contribution in [-0.4, -0.2) is 28.1 Å². The van der Waals surface area contributed by atoms with Gasteiger partial charge in [0.05, 0.1) is 0 Å². The maximum Gasteiger partial charge on any atom is 0.376 e. The standard InChI is InChI=1S/C3H6NO4P/c4-3(1-5,9-8)2(6)7/h5H,1,4H2,(H,6,7)/p+1. The predicted molar refractivity (Wildman–Crippen MR) is 30.6 cm³/mol. The zero-order valence-corrected chi connectivity index (χ0v) is 5.50. The van der Waals surface area contributed by atoms with E-state index in [2.05, 4.69) is 0 Å². The number of nitrogens with two attached hydrogens (primary N) is 1. The molecule has 52 valence electrons. The number of carboxylic acids is 1. The Morgan fingerprint density at radius 1 is 1.78 bits per heavy atom. The highest BCUT2D eigenvalue weighted by atomic mass is 31.1. The molecule has 0 amide bonds. The fourth-order valence-corrected chi connectivity index (χ4v) is 0.295. The second-order valence-corrected chi connectivity index (χ2v) is 2.63. The largest absolute Gasteiger partial charge is 0.477 e. The quantitative estimate of drug-likeness (QED) is 0.438. The van der Waals surface area contributed by atoms with Crippen molar-refractivity contribution in [3.63, 3.8) is 0 Å². The Balaban J connectivity index is 4.27. The summed E-state index contributed by atoms with van der Waals surface area (Å²) in [6, 6.07) is 0. The van der Waals surface area contributed by atoms with Crippen LogP contribution in [0.15, 0.2) is 0 Å². The molecule has 2 atom stereocenters. The molecule has 0 spiro atoms. The van der Waals surface area contributed by atoms with Gasteiger partial charge in [-0.3, -0.25) is 5.73 Å². The molecule has 5 nitrogen and oxygen atoms in total. The smallest absolute Gasteiger partial charge is 0.376 e. The minimum atomic E-state index is -1.97. The molecule has 0 aliphatic heterocycles. The molecule has 6 heteroatoms. The molecule has 0 radical (unpaired) electrons. The van der Waals surface area contributed by atoms with Crippen LogP contribution < -0.4 is 5.73 Å². The maximum absolute atomic E-state index is 10.0. The van der Waals surface area contributed by atoms with Crippen molar-refractivity contribution in [1.29, 1.82) is 0 Å². The first kappa shape index (κ1) is 8.49. The second kappa shape index (κ2) is 2.87. The Bertz CT molecular complexity index is 138. The molecular formula is C3H7NO4P+. The molecule has 0 aliphatic carbocycles. The highest BCUT2D eigenvalue weighted by Crippen LogP contribution is 2.14. The molecule has 0 heterocycles. The molecule has 0 saturated heterocycles. The summed E-state index contributed by atoms with van der Waals surface area (Å²) in [5, 5.41) is 14.4. The first-order valence-electron chi connectivity index (χ1n) is 2.09. The second-order valence-electron chi connectivity index (χ2n) is 1.54. The number of rotatable bonds is 3. The zero-order chi connectivity index (χ0) is 7.49. The Hall–Kier alpha value is -0.510. The van der Waals surface area contributed by atoms with E-state index in [0.717, 1.165) is 0 Å². The van der Waals surface area contributed by atoms with Gasteiger partial charge in [0, 0.05) is 0 Å². The van der Waals surface area contributed by atoms with Crippen molar-refractivity contribution in [3.05, 3.63) is 0 Å². The van der Waals surface area contributed by atoms with E-state index < -0.39 is 26.3 Å². The highest BCUT2D eigenvalue weighted by molar-refractivity contribution is 7.27. The summed E-state index contributed by atoms with van der Waals surface area (Å²) in [7, 11) is -1.24. The van der Waals surface area contributed by atoms with Crippen LogP contribution in [0.2, 0.25) is 0 Å². The molecule has 0 aliphatic rings. The van der Waals surface area contributed by atoms with E-state index in [4.69, 9.17) is 15.9 Å². The zero-order valence-electron chi connectivity index (χ0n) is 4.50. The summed E-state index contributed by atoms with van der Waals surface area (Å²) in [4.78, 5) is 10.0. The minimum absolute atomic E-state index is 0.815. The third kappa shape index (κ3) is 1.71. The molecule has 0 rings (SSSR count). The molecule has 0 aromatic carbocycles. The van der Waals surface area contributed by atoms with E-state index in [1.54, 1.807) is 0 Å². The maximum atomic E-state index is 10.0. The Kier molecular flexibility index (Phi) is 2.70. The van der Waals surface area contributed by atoms with E-state index in [1.165, 1.54) is 0 Å². The number of aliphatic hydroxyl groups is 1. The van der Waals surface area contributed by atoms with Crippen LogP contribution in [0.1, 0.15) is 0 Å².